The van der Waals surface area contributed by atoms with Crippen molar-refractivity contribution >= 4 is 0 Å². The summed E-state index contributed by atoms with van der Waals surface area (Å²) >= 11 is 0. The van der Waals surface area contributed by atoms with Crippen LogP contribution in [0.4, 0.5) is 0 Å². The molecule has 0 unspecified atom stereocenters. The highest BCUT2D eigenvalue weighted by molar-refractivity contribution is 5.29. The second-order valence-electron chi connectivity index (χ2n) is 11.3. The van der Waals surface area contributed by atoms with E-state index < -0.39 is 0 Å². The summed E-state index contributed by atoms with van der Waals surface area (Å²) in [7, 11) is 0. The molecule has 5 rings (SSSR count). The summed E-state index contributed by atoms with van der Waals surface area (Å²) in [6, 6.07) is 1.85. The number of fused-ring (bicyclic) bond motifs is 5. The maximum absolute atomic E-state index is 10.2. The van der Waals surface area contributed by atoms with Gasteiger partial charge in [0.2, 0.25) is 0 Å². The maximum Gasteiger partial charge on any atom is 0.143 e. The first-order valence-electron chi connectivity index (χ1n) is 12.4. The van der Waals surface area contributed by atoms with Crippen molar-refractivity contribution in [2.45, 2.75) is 91.0 Å². The summed E-state index contributed by atoms with van der Waals surface area (Å²) in [5, 5.41) is 19.9. The van der Waals surface area contributed by atoms with Gasteiger partial charge in [-0.25, -0.2) is 0 Å². The molecule has 1 aromatic rings. The van der Waals surface area contributed by atoms with E-state index in [-0.39, 0.29) is 18.8 Å². The van der Waals surface area contributed by atoms with E-state index in [1.807, 2.05) is 6.07 Å². The fraction of sp³-hybridized carbons (Fsp3) is 0.741. The average molecular weight is 426 g/mol. The fourth-order valence-corrected chi connectivity index (χ4v) is 8.38. The van der Waals surface area contributed by atoms with Crippen molar-refractivity contribution < 1.29 is 14.9 Å². The summed E-state index contributed by atoms with van der Waals surface area (Å²) in [4.78, 5) is 4.22. The van der Waals surface area contributed by atoms with Crippen LogP contribution in [0.15, 0.2) is 30.1 Å². The second-order valence-corrected chi connectivity index (χ2v) is 11.3. The number of rotatable bonds is 4. The third-order valence-corrected chi connectivity index (χ3v) is 10.1. The van der Waals surface area contributed by atoms with Crippen LogP contribution in [0, 0.1) is 34.5 Å². The molecule has 0 aromatic carbocycles. The van der Waals surface area contributed by atoms with Gasteiger partial charge in [0, 0.05) is 17.7 Å². The Bertz CT molecular complexity index is 853. The summed E-state index contributed by atoms with van der Waals surface area (Å²) < 4.78 is 6.43. The van der Waals surface area contributed by atoms with Crippen molar-refractivity contribution in [1.82, 2.24) is 4.98 Å². The van der Waals surface area contributed by atoms with Gasteiger partial charge < -0.3 is 14.9 Å². The molecule has 3 fully saturated rings. The molecule has 4 aliphatic rings. The van der Waals surface area contributed by atoms with Crippen LogP contribution < -0.4 is 4.74 Å². The largest absolute Gasteiger partial charge is 0.488 e. The first-order chi connectivity index (χ1) is 14.9. The van der Waals surface area contributed by atoms with Gasteiger partial charge in [-0.15, -0.1) is 0 Å². The number of allylic oxidation sites excluding steroid dienone is 1. The van der Waals surface area contributed by atoms with Crippen LogP contribution in [0.1, 0.15) is 77.7 Å². The Morgan fingerprint density at radius 2 is 2.00 bits per heavy atom. The zero-order valence-corrected chi connectivity index (χ0v) is 19.4. The molecular weight excluding hydrogens is 386 g/mol. The summed E-state index contributed by atoms with van der Waals surface area (Å²) in [6.07, 6.45) is 15.3. The minimum absolute atomic E-state index is 0.0131. The number of pyridine rings is 1. The van der Waals surface area contributed by atoms with Gasteiger partial charge in [-0.1, -0.05) is 25.5 Å². The monoisotopic (exact) mass is 425 g/mol. The van der Waals surface area contributed by atoms with E-state index >= 15 is 0 Å². The Morgan fingerprint density at radius 3 is 2.81 bits per heavy atom. The molecule has 1 aromatic heterocycles. The van der Waals surface area contributed by atoms with Gasteiger partial charge in [-0.2, -0.15) is 0 Å². The van der Waals surface area contributed by atoms with E-state index in [1.165, 1.54) is 32.1 Å². The highest BCUT2D eigenvalue weighted by Crippen LogP contribution is 2.66. The van der Waals surface area contributed by atoms with Crippen LogP contribution in [0.5, 0.6) is 5.75 Å². The number of aromatic nitrogens is 1. The van der Waals surface area contributed by atoms with Crippen molar-refractivity contribution in [2.24, 2.45) is 34.5 Å². The molecule has 8 atom stereocenters. The molecule has 1 heterocycles. The Labute approximate surface area is 187 Å². The molecule has 3 saturated carbocycles. The summed E-state index contributed by atoms with van der Waals surface area (Å²) in [5.74, 6) is 3.57. The first-order valence-corrected chi connectivity index (χ1v) is 12.4. The Hall–Kier alpha value is -1.39. The van der Waals surface area contributed by atoms with Crippen molar-refractivity contribution in [3.05, 3.63) is 35.7 Å². The number of nitrogens with zero attached hydrogens (tertiary/aromatic N) is 1. The van der Waals surface area contributed by atoms with Crippen LogP contribution in [0.2, 0.25) is 0 Å². The number of hydrogen-bond donors (Lipinski definition) is 2. The minimum atomic E-state index is -0.130. The maximum atomic E-state index is 10.2. The van der Waals surface area contributed by atoms with Gasteiger partial charge in [0.25, 0.3) is 0 Å². The lowest BCUT2D eigenvalue weighted by Gasteiger charge is -2.58. The van der Waals surface area contributed by atoms with Crippen LogP contribution >= 0.6 is 0 Å². The topological polar surface area (TPSA) is 62.6 Å². The summed E-state index contributed by atoms with van der Waals surface area (Å²) in [5.41, 5.74) is 2.99. The molecule has 170 valence electrons. The third-order valence-electron chi connectivity index (χ3n) is 10.1. The molecule has 4 heteroatoms. The number of hydrogen-bond acceptors (Lipinski definition) is 4. The van der Waals surface area contributed by atoms with E-state index in [9.17, 15) is 10.2 Å². The lowest BCUT2D eigenvalue weighted by Crippen LogP contribution is -2.51. The van der Waals surface area contributed by atoms with E-state index in [0.29, 0.717) is 16.7 Å². The van der Waals surface area contributed by atoms with E-state index in [4.69, 9.17) is 4.74 Å². The van der Waals surface area contributed by atoms with Crippen LogP contribution in [0.3, 0.4) is 0 Å². The zero-order valence-electron chi connectivity index (χ0n) is 19.4. The lowest BCUT2D eigenvalue weighted by molar-refractivity contribution is -0.0644. The van der Waals surface area contributed by atoms with E-state index in [1.54, 1.807) is 18.0 Å². The average Bonchev–Trinajstić information content (AvgIpc) is 3.12. The van der Waals surface area contributed by atoms with Crippen molar-refractivity contribution in [2.75, 3.05) is 0 Å². The second kappa shape index (κ2) is 7.88. The van der Waals surface area contributed by atoms with Crippen LogP contribution in [-0.2, 0) is 6.61 Å². The molecule has 31 heavy (non-hydrogen) atoms. The van der Waals surface area contributed by atoms with E-state index in [0.717, 1.165) is 48.3 Å². The number of ether oxygens (including phenoxy) is 1. The Morgan fingerprint density at radius 1 is 1.16 bits per heavy atom. The molecule has 0 saturated heterocycles. The highest BCUT2D eigenvalue weighted by atomic mass is 16.5. The van der Waals surface area contributed by atoms with Gasteiger partial charge in [-0.3, -0.25) is 4.98 Å². The lowest BCUT2D eigenvalue weighted by atomic mass is 9.47. The zero-order chi connectivity index (χ0) is 21.8. The first kappa shape index (κ1) is 21.5. The third kappa shape index (κ3) is 3.36. The predicted molar refractivity (Wildman–Crippen MR) is 121 cm³/mol. The molecule has 0 amide bonds. The smallest absolute Gasteiger partial charge is 0.143 e. The van der Waals surface area contributed by atoms with Gasteiger partial charge in [0.1, 0.15) is 5.75 Å². The summed E-state index contributed by atoms with van der Waals surface area (Å²) in [6.45, 7) is 7.25. The SMILES string of the molecule is C[C@H](Oc1cnccc1CO)[C@H]1CC[C@H]2[C@@H]3CC=C4C[C@@H](O)CC[C@]4(C)[C@H]3CC[C@]12C. The Kier molecular flexibility index (Phi) is 5.45. The predicted octanol–water partition coefficient (Wildman–Crippen LogP) is 5.28. The molecular formula is C27H39NO3. The van der Waals surface area contributed by atoms with Crippen molar-refractivity contribution in [3.8, 4) is 5.75 Å². The van der Waals surface area contributed by atoms with Gasteiger partial charge in [-0.05, 0) is 92.9 Å². The Balaban J connectivity index is 1.36. The highest BCUT2D eigenvalue weighted by Gasteiger charge is 2.59. The van der Waals surface area contributed by atoms with Crippen molar-refractivity contribution in [1.29, 1.82) is 0 Å². The molecule has 0 radical (unpaired) electrons. The molecule has 0 bridgehead atoms. The molecule has 0 spiro atoms. The quantitative estimate of drug-likeness (QED) is 0.644. The standard InChI is InChI=1S/C27H39NO3/c1-17(31-25-15-28-13-10-18(25)16-29)22-6-7-23-21-5-4-19-14-20(30)8-11-26(19,2)24(21)9-12-27(22,23)3/h4,10,13,15,17,20-24,29-30H,5-9,11-12,14,16H2,1-3H3/t17-,20-,21-,22+,23-,24-,26-,27+/m0/s1. The normalized spacial score (nSPS) is 42.7. The minimum Gasteiger partial charge on any atom is -0.488 e. The number of aliphatic hydroxyl groups is 2. The van der Waals surface area contributed by atoms with Crippen molar-refractivity contribution in [3.63, 3.8) is 0 Å². The van der Waals surface area contributed by atoms with Gasteiger partial charge >= 0.3 is 0 Å². The fourth-order valence-electron chi connectivity index (χ4n) is 8.38. The van der Waals surface area contributed by atoms with Crippen LogP contribution in [0.25, 0.3) is 0 Å². The van der Waals surface area contributed by atoms with Gasteiger partial charge in [0.05, 0.1) is 25.0 Å². The van der Waals surface area contributed by atoms with E-state index in [2.05, 4.69) is 31.8 Å². The molecule has 2 N–H and O–H groups in total. The molecule has 4 nitrogen and oxygen atoms in total. The van der Waals surface area contributed by atoms with Crippen LogP contribution in [-0.4, -0.2) is 27.4 Å². The number of aliphatic hydroxyl groups excluding tert-OH is 2. The van der Waals surface area contributed by atoms with Gasteiger partial charge in [0.15, 0.2) is 0 Å². The molecule has 4 aliphatic carbocycles. The molecule has 0 aliphatic heterocycles.